The van der Waals surface area contributed by atoms with Gasteiger partial charge in [-0.25, -0.2) is 4.79 Å². The average molecular weight is 342 g/mol. The van der Waals surface area contributed by atoms with Crippen LogP contribution >= 0.6 is 0 Å². The molecule has 0 aromatic heterocycles. The van der Waals surface area contributed by atoms with Crippen molar-refractivity contribution in [1.82, 2.24) is 4.90 Å². The summed E-state index contributed by atoms with van der Waals surface area (Å²) in [5.41, 5.74) is 1.70. The van der Waals surface area contributed by atoms with E-state index in [1.165, 1.54) is 0 Å². The lowest BCUT2D eigenvalue weighted by atomic mass is 10.2. The van der Waals surface area contributed by atoms with Gasteiger partial charge in [-0.1, -0.05) is 37.3 Å². The molecule has 1 heterocycles. The van der Waals surface area contributed by atoms with Gasteiger partial charge in [0.25, 0.3) is 0 Å². The van der Waals surface area contributed by atoms with E-state index in [0.29, 0.717) is 11.7 Å². The first-order valence-corrected chi connectivity index (χ1v) is 9.52. The number of anilines is 1. The number of urea groups is 1. The largest absolute Gasteiger partial charge is 0.324 e. The fraction of sp³-hybridized carbons (Fsp3) is 0.316. The molecule has 4 nitrogen and oxygen atoms in total. The normalized spacial score (nSPS) is 18.4. The molecule has 1 N–H and O–H groups in total. The summed E-state index contributed by atoms with van der Waals surface area (Å²) in [4.78, 5) is 14.9. The average Bonchev–Trinajstić information content (AvgIpc) is 3.02. The van der Waals surface area contributed by atoms with Crippen LogP contribution < -0.4 is 5.32 Å². The molecule has 0 radical (unpaired) electrons. The summed E-state index contributed by atoms with van der Waals surface area (Å²) in [6, 6.07) is 17.0. The molecule has 1 aliphatic heterocycles. The van der Waals surface area contributed by atoms with Gasteiger partial charge in [0, 0.05) is 23.7 Å². The van der Waals surface area contributed by atoms with Crippen LogP contribution in [0.2, 0.25) is 0 Å². The van der Waals surface area contributed by atoms with Crippen molar-refractivity contribution in [3.63, 3.8) is 0 Å². The third-order valence-electron chi connectivity index (χ3n) is 4.19. The van der Waals surface area contributed by atoms with Crippen molar-refractivity contribution in [3.8, 4) is 0 Å². The van der Waals surface area contributed by atoms with Gasteiger partial charge in [0.1, 0.15) is 0 Å². The third kappa shape index (κ3) is 4.23. The predicted octanol–water partition coefficient (Wildman–Crippen LogP) is 3.87. The van der Waals surface area contributed by atoms with Gasteiger partial charge in [0.05, 0.1) is 16.6 Å². The molecule has 2 amide bonds. The summed E-state index contributed by atoms with van der Waals surface area (Å²) >= 11 is 0. The summed E-state index contributed by atoms with van der Waals surface area (Å²) in [7, 11) is -1.09. The number of carbonyl (C=O) groups is 1. The zero-order valence-corrected chi connectivity index (χ0v) is 14.6. The number of likely N-dealkylation sites (tertiary alicyclic amines) is 1. The maximum atomic E-state index is 12.4. The highest BCUT2D eigenvalue weighted by Crippen LogP contribution is 2.19. The Hall–Kier alpha value is -2.14. The predicted molar refractivity (Wildman–Crippen MR) is 97.4 cm³/mol. The van der Waals surface area contributed by atoms with Crippen molar-refractivity contribution < 1.29 is 9.00 Å². The molecule has 126 valence electrons. The molecule has 1 aliphatic rings. The summed E-state index contributed by atoms with van der Waals surface area (Å²) in [5, 5.41) is 2.95. The molecule has 0 bridgehead atoms. The van der Waals surface area contributed by atoms with Crippen molar-refractivity contribution in [2.75, 3.05) is 18.4 Å². The summed E-state index contributed by atoms with van der Waals surface area (Å²) in [6.45, 7) is 3.78. The Labute approximate surface area is 145 Å². The highest BCUT2D eigenvalue weighted by atomic mass is 32.2. The van der Waals surface area contributed by atoms with Crippen LogP contribution in [0.25, 0.3) is 0 Å². The Balaban J connectivity index is 1.64. The van der Waals surface area contributed by atoms with Gasteiger partial charge in [-0.15, -0.1) is 0 Å². The fourth-order valence-corrected chi connectivity index (χ4v) is 3.98. The van der Waals surface area contributed by atoms with Crippen molar-refractivity contribution in [2.24, 2.45) is 5.92 Å². The molecule has 1 fully saturated rings. The second-order valence-electron chi connectivity index (χ2n) is 6.27. The molecule has 0 aliphatic carbocycles. The zero-order chi connectivity index (χ0) is 16.9. The van der Waals surface area contributed by atoms with Crippen molar-refractivity contribution in [3.05, 3.63) is 60.2 Å². The van der Waals surface area contributed by atoms with Gasteiger partial charge < -0.3 is 10.2 Å². The molecule has 2 aromatic carbocycles. The summed E-state index contributed by atoms with van der Waals surface area (Å²) in [5.74, 6) is 1.00. The smallest absolute Gasteiger partial charge is 0.321 e. The number of nitrogens with one attached hydrogen (secondary N) is 1. The Morgan fingerprint density at radius 2 is 2.00 bits per heavy atom. The summed E-state index contributed by atoms with van der Waals surface area (Å²) in [6.07, 6.45) is 1.06. The van der Waals surface area contributed by atoms with E-state index in [2.05, 4.69) is 12.2 Å². The van der Waals surface area contributed by atoms with Crippen LogP contribution in [0.1, 0.15) is 18.9 Å². The lowest BCUT2D eigenvalue weighted by molar-refractivity contribution is 0.221. The molecule has 5 heteroatoms. The van der Waals surface area contributed by atoms with Crippen molar-refractivity contribution >= 4 is 22.5 Å². The maximum absolute atomic E-state index is 12.4. The molecule has 24 heavy (non-hydrogen) atoms. The lowest BCUT2D eigenvalue weighted by Crippen LogP contribution is -2.32. The van der Waals surface area contributed by atoms with E-state index in [4.69, 9.17) is 0 Å². The second-order valence-corrected chi connectivity index (χ2v) is 7.72. The standard InChI is InChI=1S/C19H22N2O2S/c1-15-10-11-21(13-15)19(22)20-17-7-5-6-16(12-17)14-24(23)18-8-3-2-4-9-18/h2-9,12,15H,10-11,13-14H2,1H3,(H,20,22). The number of amides is 2. The number of nitrogens with zero attached hydrogens (tertiary/aromatic N) is 1. The highest BCUT2D eigenvalue weighted by Gasteiger charge is 2.23. The van der Waals surface area contributed by atoms with Crippen LogP contribution in [0, 0.1) is 5.92 Å². The van der Waals surface area contributed by atoms with E-state index in [1.54, 1.807) is 0 Å². The first-order valence-electron chi connectivity index (χ1n) is 8.20. The molecule has 1 saturated heterocycles. The summed E-state index contributed by atoms with van der Waals surface area (Å²) < 4.78 is 12.4. The van der Waals surface area contributed by atoms with Crippen LogP contribution in [0.4, 0.5) is 10.5 Å². The minimum Gasteiger partial charge on any atom is -0.324 e. The van der Waals surface area contributed by atoms with Crippen LogP contribution in [0.15, 0.2) is 59.5 Å². The van der Waals surface area contributed by atoms with E-state index in [1.807, 2.05) is 59.5 Å². The van der Waals surface area contributed by atoms with Crippen molar-refractivity contribution in [2.45, 2.75) is 24.0 Å². The van der Waals surface area contributed by atoms with Gasteiger partial charge >= 0.3 is 6.03 Å². The van der Waals surface area contributed by atoms with Gasteiger partial charge in [-0.05, 0) is 42.2 Å². The Morgan fingerprint density at radius 3 is 2.71 bits per heavy atom. The molecule has 0 spiro atoms. The number of carbonyl (C=O) groups excluding carboxylic acids is 1. The first kappa shape index (κ1) is 16.7. The molecular formula is C19H22N2O2S. The molecule has 3 rings (SSSR count). The number of benzene rings is 2. The second kappa shape index (κ2) is 7.62. The van der Waals surface area contributed by atoms with Gasteiger partial charge in [0.2, 0.25) is 0 Å². The lowest BCUT2D eigenvalue weighted by Gasteiger charge is -2.17. The molecule has 2 atom stereocenters. The van der Waals surface area contributed by atoms with E-state index in [0.717, 1.165) is 35.7 Å². The Morgan fingerprint density at radius 1 is 1.21 bits per heavy atom. The molecule has 0 saturated carbocycles. The van der Waals surface area contributed by atoms with Gasteiger partial charge in [-0.2, -0.15) is 0 Å². The topological polar surface area (TPSA) is 49.4 Å². The first-order chi connectivity index (χ1) is 11.6. The van der Waals surface area contributed by atoms with Gasteiger partial charge in [0.15, 0.2) is 0 Å². The highest BCUT2D eigenvalue weighted by molar-refractivity contribution is 7.84. The van der Waals surface area contributed by atoms with Crippen molar-refractivity contribution in [1.29, 1.82) is 0 Å². The number of rotatable bonds is 4. The van der Waals surface area contributed by atoms with Crippen LogP contribution in [-0.2, 0) is 16.6 Å². The zero-order valence-electron chi connectivity index (χ0n) is 13.8. The third-order valence-corrected chi connectivity index (χ3v) is 5.59. The van der Waals surface area contributed by atoms with Crippen LogP contribution in [0.3, 0.4) is 0 Å². The van der Waals surface area contributed by atoms with E-state index in [9.17, 15) is 9.00 Å². The number of hydrogen-bond acceptors (Lipinski definition) is 2. The maximum Gasteiger partial charge on any atom is 0.321 e. The Bertz CT molecular complexity index is 733. The monoisotopic (exact) mass is 342 g/mol. The quantitative estimate of drug-likeness (QED) is 0.917. The molecule has 2 unspecified atom stereocenters. The molecule has 2 aromatic rings. The SMILES string of the molecule is CC1CCN(C(=O)Nc2cccc(CS(=O)c3ccccc3)c2)C1. The van der Waals surface area contributed by atoms with E-state index >= 15 is 0 Å². The minimum absolute atomic E-state index is 0.0549. The van der Waals surface area contributed by atoms with E-state index < -0.39 is 10.8 Å². The van der Waals surface area contributed by atoms with Gasteiger partial charge in [-0.3, -0.25) is 4.21 Å². The number of hydrogen-bond donors (Lipinski definition) is 1. The minimum atomic E-state index is -1.09. The fourth-order valence-electron chi connectivity index (χ4n) is 2.87. The van der Waals surface area contributed by atoms with Crippen LogP contribution in [-0.4, -0.2) is 28.2 Å². The van der Waals surface area contributed by atoms with Crippen LogP contribution in [0.5, 0.6) is 0 Å². The Kier molecular flexibility index (Phi) is 5.30. The molecular weight excluding hydrogens is 320 g/mol. The van der Waals surface area contributed by atoms with E-state index in [-0.39, 0.29) is 6.03 Å².